The number of aryl methyl sites for hydroxylation is 1. The second-order valence-electron chi connectivity index (χ2n) is 6.08. The summed E-state index contributed by atoms with van der Waals surface area (Å²) in [6.45, 7) is 2.37. The van der Waals surface area contributed by atoms with Gasteiger partial charge in [0.2, 0.25) is 5.91 Å². The Kier molecular flexibility index (Phi) is 3.54. The first kappa shape index (κ1) is 14.5. The van der Waals surface area contributed by atoms with Crippen LogP contribution >= 0.6 is 0 Å². The summed E-state index contributed by atoms with van der Waals surface area (Å²) < 4.78 is 1.98. The summed E-state index contributed by atoms with van der Waals surface area (Å²) in [6.07, 6.45) is 1.97. The van der Waals surface area contributed by atoms with Crippen LogP contribution < -0.4 is 5.32 Å². The SMILES string of the molecule is Cc1ccc2c(ccn2CC(=O)Nc2cccc3ccccc23)c1. The zero-order valence-corrected chi connectivity index (χ0v) is 13.5. The summed E-state index contributed by atoms with van der Waals surface area (Å²) >= 11 is 0. The van der Waals surface area contributed by atoms with Crippen molar-refractivity contribution in [2.45, 2.75) is 13.5 Å². The number of nitrogens with zero attached hydrogens (tertiary/aromatic N) is 1. The van der Waals surface area contributed by atoms with Gasteiger partial charge in [0.15, 0.2) is 0 Å². The maximum Gasteiger partial charge on any atom is 0.244 e. The number of hydrogen-bond donors (Lipinski definition) is 1. The van der Waals surface area contributed by atoms with Gasteiger partial charge in [-0.25, -0.2) is 0 Å². The summed E-state index contributed by atoms with van der Waals surface area (Å²) in [5.74, 6) is -0.0237. The Morgan fingerprint density at radius 3 is 2.71 bits per heavy atom. The van der Waals surface area contributed by atoms with Crippen LogP contribution in [0.15, 0.2) is 72.9 Å². The molecule has 0 aliphatic carbocycles. The molecule has 3 heteroatoms. The molecular weight excluding hydrogens is 296 g/mol. The highest BCUT2D eigenvalue weighted by atomic mass is 16.1. The Morgan fingerprint density at radius 2 is 1.79 bits per heavy atom. The van der Waals surface area contributed by atoms with Gasteiger partial charge in [-0.05, 0) is 42.0 Å². The first-order valence-corrected chi connectivity index (χ1v) is 8.04. The fourth-order valence-corrected chi connectivity index (χ4v) is 3.14. The highest BCUT2D eigenvalue weighted by molar-refractivity contribution is 6.02. The molecule has 24 heavy (non-hydrogen) atoms. The monoisotopic (exact) mass is 314 g/mol. The topological polar surface area (TPSA) is 34.0 Å². The van der Waals surface area contributed by atoms with Crippen molar-refractivity contribution in [3.63, 3.8) is 0 Å². The van der Waals surface area contributed by atoms with Crippen LogP contribution in [0.4, 0.5) is 5.69 Å². The Bertz CT molecular complexity index is 1040. The zero-order valence-electron chi connectivity index (χ0n) is 13.5. The Balaban J connectivity index is 1.60. The summed E-state index contributed by atoms with van der Waals surface area (Å²) in [5.41, 5.74) is 3.15. The number of nitrogens with one attached hydrogen (secondary N) is 1. The molecule has 1 amide bonds. The molecule has 0 unspecified atom stereocenters. The largest absolute Gasteiger partial charge is 0.338 e. The molecule has 4 aromatic rings. The molecule has 0 saturated carbocycles. The molecule has 1 heterocycles. The number of benzene rings is 3. The van der Waals surface area contributed by atoms with E-state index in [1.54, 1.807) is 0 Å². The number of hydrogen-bond acceptors (Lipinski definition) is 1. The Labute approximate surface area is 140 Å². The van der Waals surface area contributed by atoms with E-state index in [-0.39, 0.29) is 5.91 Å². The molecule has 0 aliphatic heterocycles. The molecule has 0 radical (unpaired) electrons. The van der Waals surface area contributed by atoms with E-state index in [1.165, 1.54) is 5.56 Å². The van der Waals surface area contributed by atoms with Gasteiger partial charge in [0.05, 0.1) is 0 Å². The number of rotatable bonds is 3. The number of anilines is 1. The molecule has 3 aromatic carbocycles. The fraction of sp³-hybridized carbons (Fsp3) is 0.0952. The standard InChI is InChI=1S/C21H18N2O/c1-15-9-10-20-17(13-15)11-12-23(20)14-21(24)22-19-8-4-6-16-5-2-3-7-18(16)19/h2-13H,14H2,1H3,(H,22,24). The van der Waals surface area contributed by atoms with Crippen molar-refractivity contribution in [1.82, 2.24) is 4.57 Å². The predicted molar refractivity (Wildman–Crippen MR) is 99.3 cm³/mol. The summed E-state index contributed by atoms with van der Waals surface area (Å²) in [5, 5.41) is 6.38. The first-order valence-electron chi connectivity index (χ1n) is 8.04. The summed E-state index contributed by atoms with van der Waals surface area (Å²) in [4.78, 5) is 12.5. The second kappa shape index (κ2) is 5.85. The van der Waals surface area contributed by atoms with Crippen molar-refractivity contribution >= 4 is 33.3 Å². The van der Waals surface area contributed by atoms with Crippen molar-refractivity contribution in [2.24, 2.45) is 0 Å². The van der Waals surface area contributed by atoms with Gasteiger partial charge in [0.25, 0.3) is 0 Å². The summed E-state index contributed by atoms with van der Waals surface area (Å²) in [7, 11) is 0. The van der Waals surface area contributed by atoms with E-state index in [0.29, 0.717) is 6.54 Å². The van der Waals surface area contributed by atoms with Crippen LogP contribution in [-0.4, -0.2) is 10.5 Å². The van der Waals surface area contributed by atoms with Gasteiger partial charge in [0, 0.05) is 22.8 Å². The highest BCUT2D eigenvalue weighted by Crippen LogP contribution is 2.23. The third kappa shape index (κ3) is 2.65. The fourth-order valence-electron chi connectivity index (χ4n) is 3.14. The average molecular weight is 314 g/mol. The van der Waals surface area contributed by atoms with Crippen LogP contribution in [0.2, 0.25) is 0 Å². The number of carbonyl (C=O) groups excluding carboxylic acids is 1. The smallest absolute Gasteiger partial charge is 0.244 e. The van der Waals surface area contributed by atoms with Gasteiger partial charge in [-0.3, -0.25) is 4.79 Å². The lowest BCUT2D eigenvalue weighted by Crippen LogP contribution is -2.18. The maximum absolute atomic E-state index is 12.5. The number of carbonyl (C=O) groups is 1. The van der Waals surface area contributed by atoms with Gasteiger partial charge >= 0.3 is 0 Å². The maximum atomic E-state index is 12.5. The van der Waals surface area contributed by atoms with Crippen molar-refractivity contribution in [3.05, 3.63) is 78.5 Å². The van der Waals surface area contributed by atoms with Gasteiger partial charge < -0.3 is 9.88 Å². The molecule has 0 bridgehead atoms. The molecule has 0 saturated heterocycles. The molecule has 0 spiro atoms. The Hall–Kier alpha value is -3.07. The summed E-state index contributed by atoms with van der Waals surface area (Å²) in [6, 6.07) is 22.3. The van der Waals surface area contributed by atoms with E-state index in [2.05, 4.69) is 30.4 Å². The number of amides is 1. The third-order valence-electron chi connectivity index (χ3n) is 4.30. The van der Waals surface area contributed by atoms with Crippen LogP contribution in [-0.2, 0) is 11.3 Å². The van der Waals surface area contributed by atoms with E-state index in [0.717, 1.165) is 27.4 Å². The van der Waals surface area contributed by atoms with Crippen LogP contribution in [0.1, 0.15) is 5.56 Å². The molecule has 4 rings (SSSR count). The molecule has 1 aromatic heterocycles. The molecular formula is C21H18N2O. The quantitative estimate of drug-likeness (QED) is 0.582. The van der Waals surface area contributed by atoms with Gasteiger partial charge in [0.1, 0.15) is 6.54 Å². The van der Waals surface area contributed by atoms with E-state index >= 15 is 0 Å². The van der Waals surface area contributed by atoms with Gasteiger partial charge in [-0.1, -0.05) is 48.0 Å². The number of fused-ring (bicyclic) bond motifs is 2. The van der Waals surface area contributed by atoms with Gasteiger partial charge in [-0.2, -0.15) is 0 Å². The normalized spacial score (nSPS) is 11.0. The lowest BCUT2D eigenvalue weighted by Gasteiger charge is -2.10. The van der Waals surface area contributed by atoms with E-state index in [9.17, 15) is 4.79 Å². The van der Waals surface area contributed by atoms with Crippen molar-refractivity contribution < 1.29 is 4.79 Å². The molecule has 118 valence electrons. The van der Waals surface area contributed by atoms with E-state index in [1.807, 2.05) is 59.3 Å². The lowest BCUT2D eigenvalue weighted by molar-refractivity contribution is -0.116. The van der Waals surface area contributed by atoms with Crippen LogP contribution in [0.5, 0.6) is 0 Å². The zero-order chi connectivity index (χ0) is 16.5. The molecule has 1 N–H and O–H groups in total. The minimum Gasteiger partial charge on any atom is -0.338 e. The first-order chi connectivity index (χ1) is 11.7. The minimum absolute atomic E-state index is 0.0237. The predicted octanol–water partition coefficient (Wildman–Crippen LogP) is 4.74. The minimum atomic E-state index is -0.0237. The van der Waals surface area contributed by atoms with Crippen molar-refractivity contribution in [3.8, 4) is 0 Å². The average Bonchev–Trinajstić information content (AvgIpc) is 2.97. The van der Waals surface area contributed by atoms with Crippen molar-refractivity contribution in [2.75, 3.05) is 5.32 Å². The van der Waals surface area contributed by atoms with Crippen LogP contribution in [0, 0.1) is 6.92 Å². The second-order valence-corrected chi connectivity index (χ2v) is 6.08. The van der Waals surface area contributed by atoms with E-state index in [4.69, 9.17) is 0 Å². The van der Waals surface area contributed by atoms with Crippen LogP contribution in [0.3, 0.4) is 0 Å². The molecule has 0 fully saturated rings. The van der Waals surface area contributed by atoms with E-state index < -0.39 is 0 Å². The highest BCUT2D eigenvalue weighted by Gasteiger charge is 2.08. The van der Waals surface area contributed by atoms with Gasteiger partial charge in [-0.15, -0.1) is 0 Å². The molecule has 3 nitrogen and oxygen atoms in total. The molecule has 0 atom stereocenters. The number of aromatic nitrogens is 1. The third-order valence-corrected chi connectivity index (χ3v) is 4.30. The van der Waals surface area contributed by atoms with Crippen LogP contribution in [0.25, 0.3) is 21.7 Å². The molecule has 0 aliphatic rings. The van der Waals surface area contributed by atoms with Crippen molar-refractivity contribution in [1.29, 1.82) is 0 Å². The Morgan fingerprint density at radius 1 is 0.958 bits per heavy atom. The lowest BCUT2D eigenvalue weighted by atomic mass is 10.1.